The van der Waals surface area contributed by atoms with Crippen molar-refractivity contribution in [3.8, 4) is 17.1 Å². The molecule has 188 valence electrons. The zero-order valence-electron chi connectivity index (χ0n) is 22.1. The number of nitrogens with zero attached hydrogens (tertiary/aromatic N) is 2. The highest BCUT2D eigenvalue weighted by molar-refractivity contribution is 5.55. The first-order valence-corrected chi connectivity index (χ1v) is 14.3. The summed E-state index contributed by atoms with van der Waals surface area (Å²) in [5, 5.41) is 0. The van der Waals surface area contributed by atoms with Gasteiger partial charge in [0.15, 0.2) is 5.82 Å². The Labute approximate surface area is 209 Å². The van der Waals surface area contributed by atoms with Crippen LogP contribution in [0.5, 0.6) is 5.75 Å². The third-order valence-corrected chi connectivity index (χ3v) is 7.58. The van der Waals surface area contributed by atoms with Crippen LogP contribution in [0.3, 0.4) is 0 Å². The number of aromatic nitrogens is 2. The van der Waals surface area contributed by atoms with E-state index < -0.39 is 0 Å². The number of rotatable bonds is 15. The number of unbranched alkanes of at least 4 members (excludes halogenated alkanes) is 6. The monoisotopic (exact) mass is 464 g/mol. The van der Waals surface area contributed by atoms with Crippen molar-refractivity contribution in [1.29, 1.82) is 0 Å². The van der Waals surface area contributed by atoms with E-state index in [9.17, 15) is 0 Å². The second-order valence-electron chi connectivity index (χ2n) is 10.6. The zero-order chi connectivity index (χ0) is 24.0. The molecule has 0 spiro atoms. The molecular formula is C31H48N2O. The van der Waals surface area contributed by atoms with Crippen molar-refractivity contribution in [2.75, 3.05) is 0 Å². The van der Waals surface area contributed by atoms with Crippen LogP contribution >= 0.6 is 0 Å². The Morgan fingerprint density at radius 1 is 0.824 bits per heavy atom. The largest absolute Gasteiger partial charge is 0.490 e. The number of ether oxygens (including phenoxy) is 1. The maximum Gasteiger partial charge on any atom is 0.159 e. The summed E-state index contributed by atoms with van der Waals surface area (Å²) in [5.41, 5.74) is 2.31. The lowest BCUT2D eigenvalue weighted by molar-refractivity contribution is 0.0581. The molecule has 0 N–H and O–H groups in total. The lowest BCUT2D eigenvalue weighted by Crippen LogP contribution is -2.34. The van der Waals surface area contributed by atoms with Gasteiger partial charge in [0.2, 0.25) is 0 Å². The van der Waals surface area contributed by atoms with Gasteiger partial charge in [-0.1, -0.05) is 85.0 Å². The van der Waals surface area contributed by atoms with Gasteiger partial charge in [-0.2, -0.15) is 0 Å². The van der Waals surface area contributed by atoms with Gasteiger partial charge < -0.3 is 4.74 Å². The van der Waals surface area contributed by atoms with E-state index in [2.05, 4.69) is 55.0 Å². The average Bonchev–Trinajstić information content (AvgIpc) is 2.88. The smallest absolute Gasteiger partial charge is 0.159 e. The summed E-state index contributed by atoms with van der Waals surface area (Å²) >= 11 is 0. The molecule has 0 amide bonds. The van der Waals surface area contributed by atoms with Crippen LogP contribution in [-0.4, -0.2) is 16.1 Å². The molecule has 3 rings (SSSR count). The van der Waals surface area contributed by atoms with Crippen molar-refractivity contribution in [3.63, 3.8) is 0 Å². The van der Waals surface area contributed by atoms with Gasteiger partial charge in [-0.05, 0) is 73.8 Å². The summed E-state index contributed by atoms with van der Waals surface area (Å²) in [7, 11) is 0. The minimum absolute atomic E-state index is 0.327. The fourth-order valence-corrected chi connectivity index (χ4v) is 5.52. The molecule has 1 aromatic carbocycles. The summed E-state index contributed by atoms with van der Waals surface area (Å²) < 4.78 is 6.62. The first kappa shape index (κ1) is 26.7. The number of benzene rings is 1. The van der Waals surface area contributed by atoms with Gasteiger partial charge in [-0.3, -0.25) is 0 Å². The van der Waals surface area contributed by atoms with E-state index in [1.807, 2.05) is 12.4 Å². The predicted octanol–water partition coefficient (Wildman–Crippen LogP) is 9.20. The van der Waals surface area contributed by atoms with E-state index in [4.69, 9.17) is 4.74 Å². The molecule has 1 heterocycles. The maximum absolute atomic E-state index is 6.62. The highest BCUT2D eigenvalue weighted by Gasteiger charge is 2.29. The Kier molecular flexibility index (Phi) is 11.9. The van der Waals surface area contributed by atoms with Gasteiger partial charge in [0.05, 0.1) is 0 Å². The fraction of sp³-hybridized carbons (Fsp3) is 0.677. The molecule has 3 heteroatoms. The lowest BCUT2D eigenvalue weighted by atomic mass is 9.79. The van der Waals surface area contributed by atoms with E-state index in [0.717, 1.165) is 23.6 Å². The quantitative estimate of drug-likeness (QED) is 0.246. The van der Waals surface area contributed by atoms with Crippen molar-refractivity contribution in [2.45, 2.75) is 123 Å². The molecule has 0 saturated heterocycles. The Balaban J connectivity index is 1.51. The fourth-order valence-electron chi connectivity index (χ4n) is 5.52. The molecule has 34 heavy (non-hydrogen) atoms. The second kappa shape index (κ2) is 15.2. The van der Waals surface area contributed by atoms with Crippen LogP contribution in [0.25, 0.3) is 11.4 Å². The van der Waals surface area contributed by atoms with Crippen LogP contribution in [0.15, 0.2) is 36.7 Å². The molecule has 2 unspecified atom stereocenters. The number of hydrogen-bond donors (Lipinski definition) is 0. The highest BCUT2D eigenvalue weighted by Crippen LogP contribution is 2.34. The van der Waals surface area contributed by atoms with E-state index >= 15 is 0 Å². The van der Waals surface area contributed by atoms with Gasteiger partial charge in [0.1, 0.15) is 11.9 Å². The molecule has 0 aliphatic heterocycles. The van der Waals surface area contributed by atoms with Crippen LogP contribution in [0, 0.1) is 11.8 Å². The molecular weight excluding hydrogens is 416 g/mol. The summed E-state index contributed by atoms with van der Waals surface area (Å²) in [5.74, 6) is 3.08. The van der Waals surface area contributed by atoms with Crippen LogP contribution < -0.4 is 4.74 Å². The topological polar surface area (TPSA) is 35.0 Å². The van der Waals surface area contributed by atoms with Crippen molar-refractivity contribution in [1.82, 2.24) is 9.97 Å². The second-order valence-corrected chi connectivity index (χ2v) is 10.6. The van der Waals surface area contributed by atoms with Gasteiger partial charge in [0, 0.05) is 18.0 Å². The molecule has 3 nitrogen and oxygen atoms in total. The maximum atomic E-state index is 6.62. The molecule has 1 saturated carbocycles. The normalized spacial score (nSPS) is 16.3. The van der Waals surface area contributed by atoms with Gasteiger partial charge in [0.25, 0.3) is 0 Å². The third kappa shape index (κ3) is 8.71. The first-order chi connectivity index (χ1) is 16.7. The molecule has 0 bridgehead atoms. The van der Waals surface area contributed by atoms with E-state index in [-0.39, 0.29) is 0 Å². The third-order valence-electron chi connectivity index (χ3n) is 7.58. The standard InChI is InChI=1S/C31H48N2O/c1-4-6-7-8-9-10-12-16-26-23-32-31(33-24-26)28-19-21-29(22-20-28)34-30(25(3)15-5-2)27-17-13-11-14-18-27/h19-25,27,30H,4-18H2,1-3H3. The Morgan fingerprint density at radius 2 is 1.47 bits per heavy atom. The van der Waals surface area contributed by atoms with Crippen LogP contribution in [0.1, 0.15) is 116 Å². The molecule has 1 fully saturated rings. The number of aryl methyl sites for hydroxylation is 1. The Morgan fingerprint density at radius 3 is 2.12 bits per heavy atom. The van der Waals surface area contributed by atoms with Crippen LogP contribution in [0.4, 0.5) is 0 Å². The van der Waals surface area contributed by atoms with Gasteiger partial charge in [-0.25, -0.2) is 9.97 Å². The molecule has 1 aromatic heterocycles. The summed E-state index contributed by atoms with van der Waals surface area (Å²) in [6.45, 7) is 6.93. The van der Waals surface area contributed by atoms with Crippen molar-refractivity contribution in [2.24, 2.45) is 11.8 Å². The predicted molar refractivity (Wildman–Crippen MR) is 144 cm³/mol. The van der Waals surface area contributed by atoms with Crippen molar-refractivity contribution in [3.05, 3.63) is 42.2 Å². The van der Waals surface area contributed by atoms with Crippen molar-refractivity contribution >= 4 is 0 Å². The summed E-state index contributed by atoms with van der Waals surface area (Å²) in [4.78, 5) is 9.31. The van der Waals surface area contributed by atoms with Crippen LogP contribution in [-0.2, 0) is 6.42 Å². The number of hydrogen-bond acceptors (Lipinski definition) is 3. The SMILES string of the molecule is CCCCCCCCCc1cnc(-c2ccc(OC(C(C)CCC)C3CCCCC3)cc2)nc1. The minimum Gasteiger partial charge on any atom is -0.490 e. The van der Waals surface area contributed by atoms with Crippen molar-refractivity contribution < 1.29 is 4.74 Å². The molecule has 1 aliphatic carbocycles. The minimum atomic E-state index is 0.327. The molecule has 0 radical (unpaired) electrons. The zero-order valence-corrected chi connectivity index (χ0v) is 22.1. The van der Waals surface area contributed by atoms with Crippen LogP contribution in [0.2, 0.25) is 0 Å². The average molecular weight is 465 g/mol. The highest BCUT2D eigenvalue weighted by atomic mass is 16.5. The van der Waals surface area contributed by atoms with Gasteiger partial charge >= 0.3 is 0 Å². The Hall–Kier alpha value is -1.90. The lowest BCUT2D eigenvalue weighted by Gasteiger charge is -2.34. The first-order valence-electron chi connectivity index (χ1n) is 14.3. The Bertz CT molecular complexity index is 780. The molecule has 1 aliphatic rings. The molecule has 2 aromatic rings. The molecule has 2 atom stereocenters. The summed E-state index contributed by atoms with van der Waals surface area (Å²) in [6.07, 6.45) is 24.0. The van der Waals surface area contributed by atoms with E-state index in [1.54, 1.807) is 0 Å². The van der Waals surface area contributed by atoms with E-state index in [0.29, 0.717) is 17.9 Å². The van der Waals surface area contributed by atoms with E-state index in [1.165, 1.54) is 95.5 Å². The van der Waals surface area contributed by atoms with Gasteiger partial charge in [-0.15, -0.1) is 0 Å². The summed E-state index contributed by atoms with van der Waals surface area (Å²) in [6, 6.07) is 8.45.